The molecule has 2 aliphatic rings. The van der Waals surface area contributed by atoms with E-state index in [4.69, 9.17) is 0 Å². The van der Waals surface area contributed by atoms with Crippen molar-refractivity contribution in [3.8, 4) is 0 Å². The zero-order valence-corrected chi connectivity index (χ0v) is 28.3. The Morgan fingerprint density at radius 2 is 1.57 bits per heavy atom. The highest BCUT2D eigenvalue weighted by atomic mass is 32.2. The van der Waals surface area contributed by atoms with E-state index < -0.39 is 28.9 Å². The highest BCUT2D eigenvalue weighted by Gasteiger charge is 2.51. The molecule has 0 aliphatic carbocycles. The number of carbonyl (C=O) groups excluding carboxylic acids is 3. The number of alkyl halides is 5. The van der Waals surface area contributed by atoms with Gasteiger partial charge in [-0.05, 0) is 67.9 Å². The van der Waals surface area contributed by atoms with Crippen LogP contribution in [0.5, 0.6) is 0 Å². The summed E-state index contributed by atoms with van der Waals surface area (Å²) in [6.07, 6.45) is -0.354. The Hall–Kier alpha value is -4.31. The van der Waals surface area contributed by atoms with Crippen molar-refractivity contribution in [1.82, 2.24) is 19.8 Å². The monoisotopic (exact) mass is 707 g/mol. The van der Waals surface area contributed by atoms with E-state index in [9.17, 15) is 36.3 Å². The van der Waals surface area contributed by atoms with Gasteiger partial charge in [-0.1, -0.05) is 17.8 Å². The molecule has 1 N–H and O–H groups in total. The maximum atomic E-state index is 13.5. The lowest BCUT2D eigenvalue weighted by Crippen LogP contribution is -2.47. The summed E-state index contributed by atoms with van der Waals surface area (Å²) >= 11 is 0.396. The molecule has 0 unspecified atom stereocenters. The van der Waals surface area contributed by atoms with E-state index in [0.717, 1.165) is 43.8 Å². The van der Waals surface area contributed by atoms with Gasteiger partial charge in [0.2, 0.25) is 5.91 Å². The van der Waals surface area contributed by atoms with Crippen molar-refractivity contribution in [2.75, 3.05) is 47.8 Å². The molecule has 2 aromatic heterocycles. The quantitative estimate of drug-likeness (QED) is 0.142. The highest BCUT2D eigenvalue weighted by Crippen LogP contribution is 2.38. The number of benzene rings is 1. The molecule has 0 bridgehead atoms. The Morgan fingerprint density at radius 1 is 0.918 bits per heavy atom. The van der Waals surface area contributed by atoms with Crippen molar-refractivity contribution in [1.29, 1.82) is 0 Å². The molecule has 2 aliphatic heterocycles. The number of hydrogen-bond donors (Lipinski definition) is 1. The van der Waals surface area contributed by atoms with Crippen molar-refractivity contribution >= 4 is 46.9 Å². The smallest absolute Gasteiger partial charge is 0.354 e. The molecule has 0 radical (unpaired) electrons. The first kappa shape index (κ1) is 37.5. The third kappa shape index (κ3) is 10.8. The number of carbonyl (C=O) groups is 3. The van der Waals surface area contributed by atoms with Crippen LogP contribution in [0.2, 0.25) is 0 Å². The number of hydrogen-bond acceptors (Lipinski definition) is 8. The number of imide groups is 1. The Kier molecular flexibility index (Phi) is 11.9. The van der Waals surface area contributed by atoms with Crippen LogP contribution in [0.15, 0.2) is 71.9 Å². The Labute approximate surface area is 285 Å². The topological polar surface area (TPSA) is 102 Å². The summed E-state index contributed by atoms with van der Waals surface area (Å²) in [5.74, 6) is 0.734. The number of thioether (sulfide) groups is 1. The molecule has 16 heteroatoms. The number of nitrogens with zero attached hydrogens (tertiary/aromatic N) is 6. The molecule has 0 spiro atoms. The second-order valence-electron chi connectivity index (χ2n) is 12.1. The number of anilines is 3. The molecule has 1 aromatic carbocycles. The number of piperazine rings is 1. The average Bonchev–Trinajstić information content (AvgIpc) is 3.18. The van der Waals surface area contributed by atoms with Gasteiger partial charge < -0.3 is 15.1 Å². The number of pyridine rings is 2. The molecule has 264 valence electrons. The van der Waals surface area contributed by atoms with Gasteiger partial charge in [0.25, 0.3) is 11.2 Å². The number of halogens is 5. The average molecular weight is 708 g/mol. The lowest BCUT2D eigenvalue weighted by molar-refractivity contribution is -0.123. The fourth-order valence-corrected chi connectivity index (χ4v) is 5.91. The van der Waals surface area contributed by atoms with E-state index in [-0.39, 0.29) is 19.4 Å². The second kappa shape index (κ2) is 15.5. The molecular formula is C33H38F5N7O3S. The number of aromatic nitrogens is 2. The minimum Gasteiger partial charge on any atom is -0.354 e. The van der Waals surface area contributed by atoms with E-state index in [1.54, 1.807) is 38.4 Å². The van der Waals surface area contributed by atoms with Crippen LogP contribution < -0.4 is 15.1 Å². The zero-order valence-electron chi connectivity index (χ0n) is 27.5. The molecule has 0 saturated carbocycles. The number of urea groups is 1. The maximum Gasteiger partial charge on any atom is 0.386 e. The molecule has 10 nitrogen and oxygen atoms in total. The van der Waals surface area contributed by atoms with Crippen molar-refractivity contribution in [2.24, 2.45) is 0 Å². The molecule has 3 aromatic rings. The molecule has 2 saturated heterocycles. The minimum atomic E-state index is -4.00. The first-order valence-electron chi connectivity index (χ1n) is 15.4. The standard InChI is InChI=1S/C31H35F2N7O3S.C2H3F3/c1-30(2)28(42)40(23-7-9-24(10-8-23)44-31(3,32)33)29(43)39(30)21-22-11-14-34-25(20-22)36-27(41)12-15-37-16-18-38(19-17-37)26-6-4-5-13-35-26;1-2(3,4)5/h4-11,13-14,20H,12,15-19,21H2,1-3H3,(H,34,36,41);1H3. The second-order valence-corrected chi connectivity index (χ2v) is 13.5. The van der Waals surface area contributed by atoms with Crippen LogP contribution in [0.1, 0.15) is 39.7 Å². The van der Waals surface area contributed by atoms with Gasteiger partial charge in [-0.2, -0.15) is 22.0 Å². The maximum absolute atomic E-state index is 13.5. The summed E-state index contributed by atoms with van der Waals surface area (Å²) in [5, 5.41) is -0.100. The summed E-state index contributed by atoms with van der Waals surface area (Å²) in [4.78, 5) is 55.5. The van der Waals surface area contributed by atoms with Crippen LogP contribution in [-0.2, 0) is 16.1 Å². The van der Waals surface area contributed by atoms with Crippen LogP contribution in [-0.4, -0.2) is 87.3 Å². The normalized spacial score (nSPS) is 16.8. The van der Waals surface area contributed by atoms with Crippen LogP contribution >= 0.6 is 11.8 Å². The van der Waals surface area contributed by atoms with Gasteiger partial charge >= 0.3 is 12.2 Å². The van der Waals surface area contributed by atoms with Crippen LogP contribution in [0.3, 0.4) is 0 Å². The van der Waals surface area contributed by atoms with Gasteiger partial charge in [0, 0.05) is 76.8 Å². The van der Waals surface area contributed by atoms with E-state index in [2.05, 4.69) is 25.1 Å². The molecule has 0 atom stereocenters. The van der Waals surface area contributed by atoms with E-state index in [0.29, 0.717) is 46.7 Å². The molecule has 5 rings (SSSR count). The SMILES string of the molecule is CC(F)(F)F.CC(F)(F)Sc1ccc(N2C(=O)N(Cc3ccnc(NC(=O)CCN4CCN(c5ccccn5)CC4)c3)C(C)(C)C2=O)cc1. The third-order valence-electron chi connectivity index (χ3n) is 7.65. The van der Waals surface area contributed by atoms with E-state index in [1.165, 1.54) is 29.2 Å². The van der Waals surface area contributed by atoms with Gasteiger partial charge in [0.05, 0.1) is 5.69 Å². The number of nitrogens with one attached hydrogen (secondary N) is 1. The summed E-state index contributed by atoms with van der Waals surface area (Å²) < 4.78 is 57.8. The summed E-state index contributed by atoms with van der Waals surface area (Å²) in [7, 11) is 0. The highest BCUT2D eigenvalue weighted by molar-refractivity contribution is 8.00. The molecule has 2 fully saturated rings. The molecular weight excluding hydrogens is 669 g/mol. The zero-order chi connectivity index (χ0) is 36.0. The molecule has 4 heterocycles. The molecule has 49 heavy (non-hydrogen) atoms. The first-order chi connectivity index (χ1) is 22.9. The van der Waals surface area contributed by atoms with E-state index in [1.807, 2.05) is 18.2 Å². The predicted octanol–water partition coefficient (Wildman–Crippen LogP) is 6.65. The first-order valence-corrected chi connectivity index (χ1v) is 16.3. The largest absolute Gasteiger partial charge is 0.386 e. The minimum absolute atomic E-state index is 0.107. The Bertz CT molecular complexity index is 1590. The van der Waals surface area contributed by atoms with Crippen molar-refractivity contribution in [3.63, 3.8) is 0 Å². The van der Waals surface area contributed by atoms with Gasteiger partial charge in [-0.25, -0.2) is 19.7 Å². The van der Waals surface area contributed by atoms with Gasteiger partial charge in [0.15, 0.2) is 0 Å². The van der Waals surface area contributed by atoms with Crippen molar-refractivity contribution < 1.29 is 36.3 Å². The van der Waals surface area contributed by atoms with Crippen molar-refractivity contribution in [3.05, 3.63) is 72.6 Å². The number of amides is 4. The van der Waals surface area contributed by atoms with Gasteiger partial charge in [0.1, 0.15) is 17.2 Å². The Morgan fingerprint density at radius 3 is 2.16 bits per heavy atom. The predicted molar refractivity (Wildman–Crippen MR) is 178 cm³/mol. The lowest BCUT2D eigenvalue weighted by Gasteiger charge is -2.35. The molecule has 4 amide bonds. The summed E-state index contributed by atoms with van der Waals surface area (Å²) in [6, 6.07) is 14.7. The summed E-state index contributed by atoms with van der Waals surface area (Å²) in [5.41, 5.74) is -0.164. The fraction of sp³-hybridized carbons (Fsp3) is 0.424. The van der Waals surface area contributed by atoms with Crippen LogP contribution in [0, 0.1) is 0 Å². The van der Waals surface area contributed by atoms with Gasteiger partial charge in [-0.3, -0.25) is 14.5 Å². The van der Waals surface area contributed by atoms with Gasteiger partial charge in [-0.15, -0.1) is 0 Å². The fourth-order valence-electron chi connectivity index (χ4n) is 5.23. The van der Waals surface area contributed by atoms with E-state index >= 15 is 0 Å². The van der Waals surface area contributed by atoms with Crippen LogP contribution in [0.25, 0.3) is 0 Å². The Balaban J connectivity index is 0.00000101. The van der Waals surface area contributed by atoms with Crippen molar-refractivity contribution in [2.45, 2.75) is 62.5 Å². The van der Waals surface area contributed by atoms with Crippen LogP contribution in [0.4, 0.5) is 44.1 Å². The summed E-state index contributed by atoms with van der Waals surface area (Å²) in [6.45, 7) is 8.41. The third-order valence-corrected chi connectivity index (χ3v) is 8.51. The lowest BCUT2D eigenvalue weighted by atomic mass is 10.0. The number of rotatable bonds is 10.